The number of anilines is 1. The van der Waals surface area contributed by atoms with E-state index in [0.29, 0.717) is 28.4 Å². The normalized spacial score (nSPS) is 22.1. The molecule has 2 bridgehead atoms. The minimum Gasteiger partial charge on any atom is -0.398 e. The van der Waals surface area contributed by atoms with Crippen LogP contribution in [0.4, 0.5) is 10.1 Å². The fourth-order valence-corrected chi connectivity index (χ4v) is 4.43. The molecule has 0 spiro atoms. The number of likely N-dealkylation sites (tertiary alicyclic amines) is 1. The molecule has 0 saturated carbocycles. The summed E-state index contributed by atoms with van der Waals surface area (Å²) >= 11 is 5.91. The lowest BCUT2D eigenvalue weighted by molar-refractivity contribution is 0.0967. The van der Waals surface area contributed by atoms with Crippen LogP contribution in [0.2, 0.25) is 5.02 Å². The second-order valence-electron chi connectivity index (χ2n) is 7.56. The van der Waals surface area contributed by atoms with Gasteiger partial charge in [-0.1, -0.05) is 23.7 Å². The summed E-state index contributed by atoms with van der Waals surface area (Å²) in [4.78, 5) is 17.2. The maximum absolute atomic E-state index is 13.1. The van der Waals surface area contributed by atoms with Crippen molar-refractivity contribution in [3.63, 3.8) is 0 Å². The number of carbonyl (C=O) groups is 1. The fourth-order valence-electron chi connectivity index (χ4n) is 4.24. The first-order valence-electron chi connectivity index (χ1n) is 9.51. The van der Waals surface area contributed by atoms with E-state index in [0.717, 1.165) is 38.0 Å². The average Bonchev–Trinajstić information content (AvgIpc) is 2.90. The molecule has 2 aliphatic heterocycles. The van der Waals surface area contributed by atoms with Crippen molar-refractivity contribution in [2.75, 3.05) is 18.8 Å². The molecule has 2 aromatic carbocycles. The molecule has 28 heavy (non-hydrogen) atoms. The first kappa shape index (κ1) is 19.0. The average molecular weight is 400 g/mol. The third-order valence-electron chi connectivity index (χ3n) is 5.61. The van der Waals surface area contributed by atoms with Gasteiger partial charge >= 0.3 is 0 Å². The Bertz CT molecular complexity index is 885. The minimum absolute atomic E-state index is 0.109. The van der Waals surface area contributed by atoms with Crippen LogP contribution in [0.15, 0.2) is 54.7 Å². The minimum atomic E-state index is -0.204. The summed E-state index contributed by atoms with van der Waals surface area (Å²) < 4.78 is 13.1. The lowest BCUT2D eigenvalue weighted by Crippen LogP contribution is -2.50. The molecule has 0 aliphatic carbocycles. The van der Waals surface area contributed by atoms with Crippen molar-refractivity contribution < 1.29 is 9.18 Å². The highest BCUT2D eigenvalue weighted by atomic mass is 35.5. The fraction of sp³-hybridized carbons (Fsp3) is 0.318. The maximum atomic E-state index is 13.1. The Kier molecular flexibility index (Phi) is 5.38. The van der Waals surface area contributed by atoms with E-state index in [2.05, 4.69) is 9.80 Å². The van der Waals surface area contributed by atoms with E-state index >= 15 is 0 Å². The summed E-state index contributed by atoms with van der Waals surface area (Å²) in [5, 5.41) is 0.522. The molecule has 0 amide bonds. The van der Waals surface area contributed by atoms with Crippen molar-refractivity contribution in [1.29, 1.82) is 0 Å². The number of fused-ring (bicyclic) bond motifs is 2. The number of nitrogens with zero attached hydrogens (tertiary/aromatic N) is 2. The van der Waals surface area contributed by atoms with E-state index in [4.69, 9.17) is 17.3 Å². The third-order valence-corrected chi connectivity index (χ3v) is 5.85. The van der Waals surface area contributed by atoms with Crippen LogP contribution in [0.25, 0.3) is 0 Å². The number of allylic oxidation sites excluding steroid dienone is 1. The molecule has 2 atom stereocenters. The number of rotatable bonds is 5. The Hall–Kier alpha value is -2.37. The van der Waals surface area contributed by atoms with E-state index < -0.39 is 0 Å². The molecule has 2 heterocycles. The van der Waals surface area contributed by atoms with Gasteiger partial charge in [-0.15, -0.1) is 0 Å². The Balaban J connectivity index is 1.40. The number of piperazine rings is 1. The van der Waals surface area contributed by atoms with Gasteiger partial charge in [0.1, 0.15) is 5.82 Å². The van der Waals surface area contributed by atoms with E-state index in [1.165, 1.54) is 12.1 Å². The van der Waals surface area contributed by atoms with Gasteiger partial charge in [0.25, 0.3) is 0 Å². The number of hydrogen-bond donors (Lipinski definition) is 1. The number of hydrogen-bond acceptors (Lipinski definition) is 4. The zero-order valence-electron chi connectivity index (χ0n) is 15.5. The first-order chi connectivity index (χ1) is 13.5. The van der Waals surface area contributed by atoms with E-state index in [9.17, 15) is 9.18 Å². The van der Waals surface area contributed by atoms with Crippen LogP contribution in [0.5, 0.6) is 0 Å². The van der Waals surface area contributed by atoms with Crippen LogP contribution in [0, 0.1) is 5.82 Å². The zero-order valence-corrected chi connectivity index (χ0v) is 16.3. The summed E-state index contributed by atoms with van der Waals surface area (Å²) in [6.07, 6.45) is 5.77. The molecule has 0 aromatic heterocycles. The Morgan fingerprint density at radius 1 is 1.14 bits per heavy atom. The van der Waals surface area contributed by atoms with Gasteiger partial charge in [-0.3, -0.25) is 9.69 Å². The zero-order chi connectivity index (χ0) is 19.7. The smallest absolute Gasteiger partial charge is 0.189 e. The molecule has 4 nitrogen and oxygen atoms in total. The highest BCUT2D eigenvalue weighted by Crippen LogP contribution is 2.31. The van der Waals surface area contributed by atoms with Crippen LogP contribution in [0.1, 0.15) is 28.8 Å². The number of nitrogen functional groups attached to an aromatic ring is 1. The summed E-state index contributed by atoms with van der Waals surface area (Å²) in [5.41, 5.74) is 7.91. The van der Waals surface area contributed by atoms with Gasteiger partial charge in [-0.05, 0) is 48.7 Å². The Labute approximate surface area is 169 Å². The van der Waals surface area contributed by atoms with Crippen molar-refractivity contribution in [2.24, 2.45) is 0 Å². The van der Waals surface area contributed by atoms with Crippen molar-refractivity contribution >= 4 is 23.1 Å². The van der Waals surface area contributed by atoms with Crippen LogP contribution in [0.3, 0.4) is 0 Å². The molecular weight excluding hydrogens is 377 g/mol. The SMILES string of the molecule is Nc1cc(Cl)ccc1C(=O)C=CN1C2CCC1CN(Cc1ccc(F)cc1)C2. The summed E-state index contributed by atoms with van der Waals surface area (Å²) in [6.45, 7) is 2.70. The van der Waals surface area contributed by atoms with Crippen molar-refractivity contribution in [2.45, 2.75) is 31.5 Å². The van der Waals surface area contributed by atoms with Crippen molar-refractivity contribution in [3.05, 3.63) is 76.7 Å². The van der Waals surface area contributed by atoms with E-state index in [1.54, 1.807) is 24.3 Å². The number of carbonyl (C=O) groups excluding carboxylic acids is 1. The van der Waals surface area contributed by atoms with Crippen molar-refractivity contribution in [3.8, 4) is 0 Å². The highest BCUT2D eigenvalue weighted by molar-refractivity contribution is 6.31. The molecule has 2 saturated heterocycles. The van der Waals surface area contributed by atoms with Gasteiger partial charge < -0.3 is 10.6 Å². The lowest BCUT2D eigenvalue weighted by Gasteiger charge is -2.40. The van der Waals surface area contributed by atoms with Gasteiger partial charge in [0.2, 0.25) is 0 Å². The van der Waals surface area contributed by atoms with Crippen LogP contribution < -0.4 is 5.73 Å². The second-order valence-corrected chi connectivity index (χ2v) is 8.00. The number of nitrogens with two attached hydrogens (primary N) is 1. The molecule has 2 aromatic rings. The molecule has 6 heteroatoms. The summed E-state index contributed by atoms with van der Waals surface area (Å²) in [6, 6.07) is 12.4. The predicted octanol–water partition coefficient (Wildman–Crippen LogP) is 4.11. The van der Waals surface area contributed by atoms with E-state index in [1.807, 2.05) is 18.3 Å². The van der Waals surface area contributed by atoms with Gasteiger partial charge in [0, 0.05) is 60.3 Å². The summed E-state index contributed by atoms with van der Waals surface area (Å²) in [7, 11) is 0. The van der Waals surface area contributed by atoms with Crippen LogP contribution in [-0.4, -0.2) is 40.8 Å². The highest BCUT2D eigenvalue weighted by Gasteiger charge is 2.38. The van der Waals surface area contributed by atoms with Crippen LogP contribution in [-0.2, 0) is 6.54 Å². The number of benzene rings is 2. The monoisotopic (exact) mass is 399 g/mol. The summed E-state index contributed by atoms with van der Waals surface area (Å²) in [5.74, 6) is -0.313. The third kappa shape index (κ3) is 4.05. The maximum Gasteiger partial charge on any atom is 0.189 e. The van der Waals surface area contributed by atoms with Gasteiger partial charge in [-0.2, -0.15) is 0 Å². The van der Waals surface area contributed by atoms with Gasteiger partial charge in [0.15, 0.2) is 5.78 Å². The first-order valence-corrected chi connectivity index (χ1v) is 9.89. The van der Waals surface area contributed by atoms with Crippen LogP contribution >= 0.6 is 11.6 Å². The van der Waals surface area contributed by atoms with Crippen molar-refractivity contribution in [1.82, 2.24) is 9.80 Å². The molecule has 2 aliphatic rings. The van der Waals surface area contributed by atoms with Gasteiger partial charge in [-0.25, -0.2) is 4.39 Å². The molecule has 2 N–H and O–H groups in total. The van der Waals surface area contributed by atoms with E-state index in [-0.39, 0.29) is 11.6 Å². The molecule has 4 rings (SSSR count). The standard InChI is InChI=1S/C22H23ClFN3O/c23-16-3-8-20(21(25)11-16)22(28)9-10-27-18-6-7-19(27)14-26(13-18)12-15-1-4-17(24)5-2-15/h1-5,8-11,18-19H,6-7,12-14,25H2. The predicted molar refractivity (Wildman–Crippen MR) is 110 cm³/mol. The molecule has 146 valence electrons. The lowest BCUT2D eigenvalue weighted by atomic mass is 10.1. The Morgan fingerprint density at radius 2 is 1.82 bits per heavy atom. The number of halogens is 2. The molecule has 0 radical (unpaired) electrons. The largest absolute Gasteiger partial charge is 0.398 e. The molecule has 2 unspecified atom stereocenters. The second kappa shape index (κ2) is 7.94. The quantitative estimate of drug-likeness (QED) is 0.467. The van der Waals surface area contributed by atoms with Gasteiger partial charge in [0.05, 0.1) is 0 Å². The molecule has 2 fully saturated rings. The topological polar surface area (TPSA) is 49.6 Å². The molecular formula is C22H23ClFN3O. The number of ketones is 1. The Morgan fingerprint density at radius 3 is 2.46 bits per heavy atom.